The number of benzene rings is 1. The Balaban J connectivity index is 3.25. The Hall–Kier alpha value is -1.98. The van der Waals surface area contributed by atoms with E-state index >= 15 is 0 Å². The Bertz CT molecular complexity index is 397. The Labute approximate surface area is 76.1 Å². The molecule has 13 heavy (non-hydrogen) atoms. The normalized spacial score (nSPS) is 8.62. The van der Waals surface area contributed by atoms with Gasteiger partial charge in [-0.25, -0.2) is 0 Å². The predicted octanol–water partition coefficient (Wildman–Crippen LogP) is 3.06. The van der Waals surface area contributed by atoms with Crippen molar-refractivity contribution in [1.82, 2.24) is 0 Å². The fourth-order valence-electron chi connectivity index (χ4n) is 1.03. The van der Waals surface area contributed by atoms with Crippen molar-refractivity contribution >= 4 is 5.69 Å². The van der Waals surface area contributed by atoms with E-state index in [1.165, 1.54) is 0 Å². The van der Waals surface area contributed by atoms with E-state index in [2.05, 4.69) is 10.0 Å². The highest BCUT2D eigenvalue weighted by Crippen LogP contribution is 2.20. The highest BCUT2D eigenvalue weighted by atomic mass is 15.1. The molecule has 0 amide bonds. The first-order valence-corrected chi connectivity index (χ1v) is 3.90. The van der Waals surface area contributed by atoms with Gasteiger partial charge in [0.15, 0.2) is 0 Å². The number of rotatable bonds is 2. The van der Waals surface area contributed by atoms with Crippen LogP contribution >= 0.6 is 0 Å². The monoisotopic (exact) mass is 172 g/mol. The van der Waals surface area contributed by atoms with Gasteiger partial charge in [0.05, 0.1) is 17.3 Å². The molecule has 0 N–H and O–H groups in total. The molecule has 1 aromatic carbocycles. The van der Waals surface area contributed by atoms with Gasteiger partial charge in [-0.1, -0.05) is 24.2 Å². The third-order valence-corrected chi connectivity index (χ3v) is 1.74. The lowest BCUT2D eigenvalue weighted by Crippen LogP contribution is -1.82. The molecule has 0 aromatic heterocycles. The van der Waals surface area contributed by atoms with Crippen LogP contribution in [0.25, 0.3) is 10.4 Å². The molecule has 4 nitrogen and oxygen atoms in total. The van der Waals surface area contributed by atoms with Crippen molar-refractivity contribution in [3.8, 4) is 6.07 Å². The second kappa shape index (κ2) is 4.15. The van der Waals surface area contributed by atoms with Gasteiger partial charge in [0.1, 0.15) is 0 Å². The zero-order chi connectivity index (χ0) is 9.68. The molecule has 0 radical (unpaired) electrons. The zero-order valence-electron chi connectivity index (χ0n) is 7.23. The van der Waals surface area contributed by atoms with Crippen LogP contribution in [0.2, 0.25) is 0 Å². The van der Waals surface area contributed by atoms with E-state index in [1.54, 1.807) is 12.1 Å². The maximum Gasteiger partial charge on any atom is 0.0996 e. The van der Waals surface area contributed by atoms with Crippen LogP contribution in [0.1, 0.15) is 18.1 Å². The highest BCUT2D eigenvalue weighted by Gasteiger charge is 1.99. The lowest BCUT2D eigenvalue weighted by molar-refractivity contribution is 1.14. The van der Waals surface area contributed by atoms with Crippen LogP contribution < -0.4 is 0 Å². The summed E-state index contributed by atoms with van der Waals surface area (Å²) in [7, 11) is 0. The van der Waals surface area contributed by atoms with E-state index in [1.807, 2.05) is 19.1 Å². The third kappa shape index (κ3) is 1.98. The Kier molecular flexibility index (Phi) is 2.91. The van der Waals surface area contributed by atoms with Gasteiger partial charge in [-0.15, -0.1) is 0 Å². The van der Waals surface area contributed by atoms with Crippen molar-refractivity contribution in [3.63, 3.8) is 0 Å². The average molecular weight is 172 g/mol. The molecule has 0 unspecified atom stereocenters. The molecule has 0 atom stereocenters. The predicted molar refractivity (Wildman–Crippen MR) is 49.3 cm³/mol. The Morgan fingerprint density at radius 2 is 2.38 bits per heavy atom. The molecule has 0 aliphatic carbocycles. The molecule has 0 saturated carbocycles. The summed E-state index contributed by atoms with van der Waals surface area (Å²) in [5.41, 5.74) is 10.1. The second-order valence-electron chi connectivity index (χ2n) is 2.51. The summed E-state index contributed by atoms with van der Waals surface area (Å²) in [6.45, 7) is 2.00. The number of nitriles is 1. The first kappa shape index (κ1) is 9.11. The molecule has 1 rings (SSSR count). The topological polar surface area (TPSA) is 72.6 Å². The van der Waals surface area contributed by atoms with Crippen LogP contribution in [0, 0.1) is 11.3 Å². The molecule has 4 heteroatoms. The summed E-state index contributed by atoms with van der Waals surface area (Å²) in [4.78, 5) is 2.64. The highest BCUT2D eigenvalue weighted by molar-refractivity contribution is 5.54. The quantitative estimate of drug-likeness (QED) is 0.383. The fourth-order valence-corrected chi connectivity index (χ4v) is 1.03. The van der Waals surface area contributed by atoms with Crippen LogP contribution in [0.15, 0.2) is 23.3 Å². The van der Waals surface area contributed by atoms with E-state index < -0.39 is 0 Å². The van der Waals surface area contributed by atoms with E-state index in [-0.39, 0.29) is 0 Å². The lowest BCUT2D eigenvalue weighted by atomic mass is 10.1. The molecule has 0 fully saturated rings. The fraction of sp³-hybridized carbons (Fsp3) is 0.222. The van der Waals surface area contributed by atoms with E-state index in [9.17, 15) is 0 Å². The Morgan fingerprint density at radius 3 is 2.92 bits per heavy atom. The zero-order valence-corrected chi connectivity index (χ0v) is 7.23. The molecule has 0 saturated heterocycles. The van der Waals surface area contributed by atoms with Crippen LogP contribution in [0.4, 0.5) is 5.69 Å². The smallest absolute Gasteiger partial charge is 0.0996 e. The largest absolute Gasteiger partial charge is 0.192 e. The van der Waals surface area contributed by atoms with Gasteiger partial charge in [-0.3, -0.25) is 0 Å². The summed E-state index contributed by atoms with van der Waals surface area (Å²) in [6.07, 6.45) is 0.866. The van der Waals surface area contributed by atoms with Gasteiger partial charge in [-0.2, -0.15) is 5.26 Å². The first-order chi connectivity index (χ1) is 6.31. The molecular weight excluding hydrogens is 164 g/mol. The molecular formula is C9H8N4. The van der Waals surface area contributed by atoms with E-state index in [4.69, 9.17) is 10.8 Å². The summed E-state index contributed by atoms with van der Waals surface area (Å²) >= 11 is 0. The van der Waals surface area contributed by atoms with E-state index in [0.717, 1.165) is 12.0 Å². The van der Waals surface area contributed by atoms with Crippen molar-refractivity contribution in [2.24, 2.45) is 5.11 Å². The van der Waals surface area contributed by atoms with Crippen LogP contribution in [0.3, 0.4) is 0 Å². The number of aryl methyl sites for hydroxylation is 1. The summed E-state index contributed by atoms with van der Waals surface area (Å²) in [5.74, 6) is 0. The lowest BCUT2D eigenvalue weighted by Gasteiger charge is -1.99. The van der Waals surface area contributed by atoms with E-state index in [0.29, 0.717) is 11.3 Å². The number of hydrogen-bond acceptors (Lipinski definition) is 2. The minimum atomic E-state index is 0.391. The maximum absolute atomic E-state index is 8.73. The summed E-state index contributed by atoms with van der Waals surface area (Å²) in [6, 6.07) is 7.25. The molecule has 0 bridgehead atoms. The third-order valence-electron chi connectivity index (χ3n) is 1.74. The van der Waals surface area contributed by atoms with Crippen LogP contribution in [-0.4, -0.2) is 0 Å². The van der Waals surface area contributed by atoms with Gasteiger partial charge in [0.25, 0.3) is 0 Å². The molecule has 0 heterocycles. The van der Waals surface area contributed by atoms with Gasteiger partial charge in [0, 0.05) is 4.91 Å². The molecule has 0 aliphatic rings. The standard InChI is InChI=1S/C9H8N4/c1-2-7-3-4-9(12-13-11)8(5-7)6-10/h3-5H,2H2,1H3. The number of nitrogens with zero attached hydrogens (tertiary/aromatic N) is 4. The molecule has 64 valence electrons. The van der Waals surface area contributed by atoms with Crippen LogP contribution in [-0.2, 0) is 6.42 Å². The number of azide groups is 1. The summed E-state index contributed by atoms with van der Waals surface area (Å²) in [5, 5.41) is 12.1. The van der Waals surface area contributed by atoms with Gasteiger partial charge >= 0.3 is 0 Å². The van der Waals surface area contributed by atoms with Gasteiger partial charge in [-0.05, 0) is 23.6 Å². The van der Waals surface area contributed by atoms with Crippen molar-refractivity contribution in [2.45, 2.75) is 13.3 Å². The van der Waals surface area contributed by atoms with Crippen molar-refractivity contribution < 1.29 is 0 Å². The van der Waals surface area contributed by atoms with Crippen molar-refractivity contribution in [3.05, 3.63) is 39.8 Å². The SMILES string of the molecule is CCc1ccc(N=[N+]=[N-])c(C#N)c1. The van der Waals surface area contributed by atoms with Gasteiger partial charge < -0.3 is 0 Å². The first-order valence-electron chi connectivity index (χ1n) is 3.90. The summed E-state index contributed by atoms with van der Waals surface area (Å²) < 4.78 is 0. The molecule has 1 aromatic rings. The minimum absolute atomic E-state index is 0.391. The van der Waals surface area contributed by atoms with Gasteiger partial charge in [0.2, 0.25) is 0 Å². The second-order valence-corrected chi connectivity index (χ2v) is 2.51. The molecule has 0 aliphatic heterocycles. The average Bonchev–Trinajstić information content (AvgIpc) is 2.19. The number of hydrogen-bond donors (Lipinski definition) is 0. The minimum Gasteiger partial charge on any atom is -0.192 e. The maximum atomic E-state index is 8.73. The van der Waals surface area contributed by atoms with Crippen molar-refractivity contribution in [2.75, 3.05) is 0 Å². The van der Waals surface area contributed by atoms with Crippen molar-refractivity contribution in [1.29, 1.82) is 5.26 Å². The molecule has 0 spiro atoms. The van der Waals surface area contributed by atoms with Crippen LogP contribution in [0.5, 0.6) is 0 Å². The Morgan fingerprint density at radius 1 is 1.62 bits per heavy atom.